The maximum atomic E-state index is 12.4. The van der Waals surface area contributed by atoms with Gasteiger partial charge in [0.05, 0.1) is 4.90 Å². The highest BCUT2D eigenvalue weighted by atomic mass is 35.7. The molecule has 0 bridgehead atoms. The minimum Gasteiger partial charge on any atom is -0.210 e. The third kappa shape index (κ3) is 3.14. The largest absolute Gasteiger partial charge is 0.261 e. The van der Waals surface area contributed by atoms with Gasteiger partial charge in [-0.15, -0.1) is 0 Å². The number of hydrogen-bond donors (Lipinski definition) is 0. The molecule has 15 heavy (non-hydrogen) atoms. The van der Waals surface area contributed by atoms with Gasteiger partial charge in [0.2, 0.25) is 6.43 Å². The summed E-state index contributed by atoms with van der Waals surface area (Å²) in [6, 6.07) is 5.27. The molecule has 0 radical (unpaired) electrons. The minimum absolute atomic E-state index is 0.158. The lowest BCUT2D eigenvalue weighted by atomic mass is 10.0. The normalized spacial score (nSPS) is 14.2. The van der Waals surface area contributed by atoms with Crippen molar-refractivity contribution in [3.8, 4) is 0 Å². The molecule has 0 aliphatic heterocycles. The summed E-state index contributed by atoms with van der Waals surface area (Å²) in [5.41, 5.74) is 0.256. The van der Waals surface area contributed by atoms with Crippen LogP contribution in [0.2, 0.25) is 0 Å². The van der Waals surface area contributed by atoms with Gasteiger partial charge in [-0.25, -0.2) is 17.2 Å². The van der Waals surface area contributed by atoms with Crippen LogP contribution in [0.15, 0.2) is 29.2 Å². The zero-order chi connectivity index (χ0) is 11.6. The molecule has 1 aromatic carbocycles. The summed E-state index contributed by atoms with van der Waals surface area (Å²) in [6.45, 7) is 1.32. The Balaban J connectivity index is 3.14. The summed E-state index contributed by atoms with van der Waals surface area (Å²) >= 11 is 0. The van der Waals surface area contributed by atoms with E-state index in [9.17, 15) is 17.2 Å². The lowest BCUT2D eigenvalue weighted by Gasteiger charge is -2.10. The van der Waals surface area contributed by atoms with E-state index in [0.717, 1.165) is 0 Å². The van der Waals surface area contributed by atoms with Gasteiger partial charge >= 0.3 is 0 Å². The zero-order valence-electron chi connectivity index (χ0n) is 7.82. The van der Waals surface area contributed by atoms with Gasteiger partial charge in [-0.1, -0.05) is 19.1 Å². The maximum Gasteiger partial charge on any atom is 0.261 e. The van der Waals surface area contributed by atoms with Crippen LogP contribution >= 0.6 is 10.7 Å². The third-order valence-corrected chi connectivity index (χ3v) is 3.39. The summed E-state index contributed by atoms with van der Waals surface area (Å²) in [4.78, 5) is -0.158. The van der Waals surface area contributed by atoms with Crippen molar-refractivity contribution in [3.63, 3.8) is 0 Å². The minimum atomic E-state index is -3.86. The second-order valence-corrected chi connectivity index (χ2v) is 5.70. The Morgan fingerprint density at radius 2 is 1.93 bits per heavy atom. The van der Waals surface area contributed by atoms with Crippen molar-refractivity contribution < 1.29 is 17.2 Å². The molecule has 1 aromatic rings. The van der Waals surface area contributed by atoms with Gasteiger partial charge in [0, 0.05) is 16.6 Å². The Bertz CT molecular complexity index is 445. The molecule has 0 saturated carbocycles. The van der Waals surface area contributed by atoms with Crippen molar-refractivity contribution in [1.29, 1.82) is 0 Å². The van der Waals surface area contributed by atoms with Crippen LogP contribution in [0.5, 0.6) is 0 Å². The van der Waals surface area contributed by atoms with Gasteiger partial charge < -0.3 is 0 Å². The van der Waals surface area contributed by atoms with E-state index >= 15 is 0 Å². The highest BCUT2D eigenvalue weighted by molar-refractivity contribution is 8.13. The summed E-state index contributed by atoms with van der Waals surface area (Å²) in [5.74, 6) is -1.01. The SMILES string of the molecule is CC(c1cccc(S(=O)(=O)Cl)c1)C(F)F. The van der Waals surface area contributed by atoms with Crippen molar-refractivity contribution in [2.75, 3.05) is 0 Å². The van der Waals surface area contributed by atoms with Crippen LogP contribution in [0.25, 0.3) is 0 Å². The van der Waals surface area contributed by atoms with Crippen LogP contribution in [-0.2, 0) is 9.05 Å². The van der Waals surface area contributed by atoms with Crippen molar-refractivity contribution in [1.82, 2.24) is 0 Å². The lowest BCUT2D eigenvalue weighted by Crippen LogP contribution is -2.05. The second-order valence-electron chi connectivity index (χ2n) is 3.13. The lowest BCUT2D eigenvalue weighted by molar-refractivity contribution is 0.121. The monoisotopic (exact) mass is 254 g/mol. The van der Waals surface area contributed by atoms with Crippen molar-refractivity contribution in [2.45, 2.75) is 24.2 Å². The van der Waals surface area contributed by atoms with E-state index in [1.165, 1.54) is 31.2 Å². The van der Waals surface area contributed by atoms with E-state index in [-0.39, 0.29) is 10.5 Å². The fraction of sp³-hybridized carbons (Fsp3) is 0.333. The number of hydrogen-bond acceptors (Lipinski definition) is 2. The molecule has 0 amide bonds. The van der Waals surface area contributed by atoms with Gasteiger partial charge in [-0.05, 0) is 17.7 Å². The number of halogens is 3. The van der Waals surface area contributed by atoms with Crippen LogP contribution < -0.4 is 0 Å². The first-order chi connectivity index (χ1) is 6.82. The summed E-state index contributed by atoms with van der Waals surface area (Å²) < 4.78 is 46.6. The van der Waals surface area contributed by atoms with Gasteiger partial charge in [-0.2, -0.15) is 0 Å². The molecular weight excluding hydrogens is 246 g/mol. The molecule has 0 aliphatic rings. The highest BCUT2D eigenvalue weighted by Crippen LogP contribution is 2.25. The summed E-state index contributed by atoms with van der Waals surface area (Å²) in [7, 11) is 1.24. The molecule has 1 rings (SSSR count). The average molecular weight is 255 g/mol. The summed E-state index contributed by atoms with van der Waals surface area (Å²) in [5, 5.41) is 0. The summed E-state index contributed by atoms with van der Waals surface area (Å²) in [6.07, 6.45) is -2.53. The predicted molar refractivity (Wildman–Crippen MR) is 53.9 cm³/mol. The van der Waals surface area contributed by atoms with Crippen LogP contribution in [0.1, 0.15) is 18.4 Å². The molecule has 2 nitrogen and oxygen atoms in total. The third-order valence-electron chi connectivity index (χ3n) is 2.04. The fourth-order valence-corrected chi connectivity index (χ4v) is 1.90. The van der Waals surface area contributed by atoms with Gasteiger partial charge in [-0.3, -0.25) is 0 Å². The number of rotatable bonds is 3. The van der Waals surface area contributed by atoms with E-state index in [4.69, 9.17) is 10.7 Å². The number of benzene rings is 1. The molecule has 6 heteroatoms. The van der Waals surface area contributed by atoms with Crippen LogP contribution in [-0.4, -0.2) is 14.8 Å². The standard InChI is InChI=1S/C9H9ClF2O2S/c1-6(9(11)12)7-3-2-4-8(5-7)15(10,13)14/h2-6,9H,1H3. The van der Waals surface area contributed by atoms with Crippen molar-refractivity contribution in [3.05, 3.63) is 29.8 Å². The zero-order valence-corrected chi connectivity index (χ0v) is 9.40. The molecule has 0 aliphatic carbocycles. The molecular formula is C9H9ClF2O2S. The van der Waals surface area contributed by atoms with Crippen LogP contribution in [0.3, 0.4) is 0 Å². The van der Waals surface area contributed by atoms with Gasteiger partial charge in [0.15, 0.2) is 0 Å². The second kappa shape index (κ2) is 4.45. The Hall–Kier alpha value is -0.680. The molecule has 1 unspecified atom stereocenters. The highest BCUT2D eigenvalue weighted by Gasteiger charge is 2.19. The predicted octanol–water partition coefficient (Wildman–Crippen LogP) is 2.98. The van der Waals surface area contributed by atoms with E-state index < -0.39 is 21.4 Å². The molecule has 0 aromatic heterocycles. The molecule has 0 N–H and O–H groups in total. The smallest absolute Gasteiger partial charge is 0.210 e. The Morgan fingerprint density at radius 1 is 1.33 bits per heavy atom. The van der Waals surface area contributed by atoms with Crippen LogP contribution in [0, 0.1) is 0 Å². The van der Waals surface area contributed by atoms with Gasteiger partial charge in [0.1, 0.15) is 0 Å². The molecule has 0 fully saturated rings. The van der Waals surface area contributed by atoms with Crippen molar-refractivity contribution in [2.24, 2.45) is 0 Å². The first-order valence-electron chi connectivity index (χ1n) is 4.15. The average Bonchev–Trinajstić information content (AvgIpc) is 2.15. The topological polar surface area (TPSA) is 34.1 Å². The Labute approximate surface area is 91.3 Å². The quantitative estimate of drug-likeness (QED) is 0.777. The van der Waals surface area contributed by atoms with E-state index in [0.29, 0.717) is 0 Å². The molecule has 0 heterocycles. The number of alkyl halides is 2. The van der Waals surface area contributed by atoms with Gasteiger partial charge in [0.25, 0.3) is 9.05 Å². The molecule has 0 spiro atoms. The molecule has 0 saturated heterocycles. The fourth-order valence-electron chi connectivity index (χ4n) is 1.09. The maximum absolute atomic E-state index is 12.4. The molecule has 1 atom stereocenters. The van der Waals surface area contributed by atoms with E-state index in [1.807, 2.05) is 0 Å². The Kier molecular flexibility index (Phi) is 3.67. The first kappa shape index (κ1) is 12.4. The first-order valence-corrected chi connectivity index (χ1v) is 6.46. The van der Waals surface area contributed by atoms with Crippen molar-refractivity contribution >= 4 is 19.7 Å². The Morgan fingerprint density at radius 3 is 2.40 bits per heavy atom. The van der Waals surface area contributed by atoms with Crippen LogP contribution in [0.4, 0.5) is 8.78 Å². The van der Waals surface area contributed by atoms with E-state index in [2.05, 4.69) is 0 Å². The molecule has 84 valence electrons. The van der Waals surface area contributed by atoms with E-state index in [1.54, 1.807) is 0 Å².